The second-order valence-electron chi connectivity index (χ2n) is 5.13. The third kappa shape index (κ3) is 2.69. The van der Waals surface area contributed by atoms with Crippen LogP contribution in [0, 0.1) is 6.92 Å². The van der Waals surface area contributed by atoms with Crippen LogP contribution < -0.4 is 10.6 Å². The van der Waals surface area contributed by atoms with Crippen molar-refractivity contribution in [1.29, 1.82) is 0 Å². The Morgan fingerprint density at radius 1 is 1.41 bits per heavy atom. The fourth-order valence-electron chi connectivity index (χ4n) is 2.48. The molecule has 1 aromatic rings. The van der Waals surface area contributed by atoms with Gasteiger partial charge in [-0.15, -0.1) is 0 Å². The Balaban J connectivity index is 2.08. The summed E-state index contributed by atoms with van der Waals surface area (Å²) in [6.45, 7) is 2.54. The van der Waals surface area contributed by atoms with Crippen molar-refractivity contribution in [1.82, 2.24) is 4.98 Å². The number of nitrogens with zero attached hydrogens (tertiary/aromatic N) is 2. The number of nitrogens with two attached hydrogens (primary N) is 1. The monoisotopic (exact) mass is 235 g/mol. The molecule has 4 heteroatoms. The van der Waals surface area contributed by atoms with E-state index in [1.807, 2.05) is 31.0 Å². The van der Waals surface area contributed by atoms with Crippen LogP contribution in [-0.4, -0.2) is 29.3 Å². The number of nitrogen functional groups attached to an aromatic ring is 1. The predicted molar refractivity (Wildman–Crippen MR) is 70.1 cm³/mol. The zero-order valence-corrected chi connectivity index (χ0v) is 10.6. The highest BCUT2D eigenvalue weighted by molar-refractivity contribution is 5.50. The molecule has 1 aliphatic carbocycles. The molecule has 17 heavy (non-hydrogen) atoms. The van der Waals surface area contributed by atoms with Crippen LogP contribution in [0.25, 0.3) is 0 Å². The van der Waals surface area contributed by atoms with E-state index in [-0.39, 0.29) is 0 Å². The Morgan fingerprint density at radius 3 is 2.65 bits per heavy atom. The van der Waals surface area contributed by atoms with Crippen LogP contribution in [0.2, 0.25) is 0 Å². The van der Waals surface area contributed by atoms with Gasteiger partial charge in [0.05, 0.1) is 17.0 Å². The van der Waals surface area contributed by atoms with Gasteiger partial charge in [0.15, 0.2) is 0 Å². The van der Waals surface area contributed by atoms with Crippen molar-refractivity contribution < 1.29 is 5.11 Å². The van der Waals surface area contributed by atoms with E-state index in [2.05, 4.69) is 4.98 Å². The molecule has 1 saturated carbocycles. The van der Waals surface area contributed by atoms with E-state index in [0.29, 0.717) is 12.2 Å². The van der Waals surface area contributed by atoms with Gasteiger partial charge in [0.1, 0.15) is 5.82 Å². The Hall–Kier alpha value is -1.29. The smallest absolute Gasteiger partial charge is 0.128 e. The molecular weight excluding hydrogens is 214 g/mol. The first-order chi connectivity index (χ1) is 8.00. The number of pyridine rings is 1. The summed E-state index contributed by atoms with van der Waals surface area (Å²) in [6.07, 6.45) is 4.04. The molecule has 2 rings (SSSR count). The fraction of sp³-hybridized carbons (Fsp3) is 0.615. The maximum Gasteiger partial charge on any atom is 0.128 e. The molecular formula is C13H21N3O. The van der Waals surface area contributed by atoms with E-state index < -0.39 is 5.60 Å². The molecule has 3 N–H and O–H groups in total. The maximum atomic E-state index is 10.4. The lowest BCUT2D eigenvalue weighted by atomic mass is 10.0. The fourth-order valence-corrected chi connectivity index (χ4v) is 2.48. The summed E-state index contributed by atoms with van der Waals surface area (Å²) < 4.78 is 0. The minimum absolute atomic E-state index is 0.536. The number of likely N-dealkylation sites (N-methyl/N-ethyl adjacent to an activating group) is 1. The summed E-state index contributed by atoms with van der Waals surface area (Å²) in [5.74, 6) is 0.872. The first kappa shape index (κ1) is 12.2. The summed E-state index contributed by atoms with van der Waals surface area (Å²) >= 11 is 0. The second kappa shape index (κ2) is 4.53. The lowest BCUT2D eigenvalue weighted by molar-refractivity contribution is 0.0558. The van der Waals surface area contributed by atoms with Gasteiger partial charge in [-0.1, -0.05) is 12.8 Å². The topological polar surface area (TPSA) is 62.4 Å². The number of aliphatic hydroxyl groups is 1. The summed E-state index contributed by atoms with van der Waals surface area (Å²) in [6, 6.07) is 3.77. The van der Waals surface area contributed by atoms with Crippen LogP contribution in [-0.2, 0) is 0 Å². The van der Waals surface area contributed by atoms with Gasteiger partial charge < -0.3 is 15.7 Å². The average molecular weight is 235 g/mol. The van der Waals surface area contributed by atoms with Gasteiger partial charge in [-0.25, -0.2) is 4.98 Å². The van der Waals surface area contributed by atoms with Gasteiger partial charge in [0, 0.05) is 13.6 Å². The van der Waals surface area contributed by atoms with Gasteiger partial charge in [-0.3, -0.25) is 0 Å². The van der Waals surface area contributed by atoms with Crippen molar-refractivity contribution in [2.75, 3.05) is 24.2 Å². The SMILES string of the molecule is Cc1nc(N(C)CC2(O)CCCC2)ccc1N. The molecule has 0 atom stereocenters. The van der Waals surface area contributed by atoms with Crippen molar-refractivity contribution in [3.05, 3.63) is 17.8 Å². The molecule has 0 amide bonds. The Morgan fingerprint density at radius 2 is 2.06 bits per heavy atom. The first-order valence-electron chi connectivity index (χ1n) is 6.17. The van der Waals surface area contributed by atoms with Crippen LogP contribution in [0.4, 0.5) is 11.5 Å². The van der Waals surface area contributed by atoms with Gasteiger partial charge in [-0.05, 0) is 31.9 Å². The van der Waals surface area contributed by atoms with Crippen molar-refractivity contribution in [3.63, 3.8) is 0 Å². The highest BCUT2D eigenvalue weighted by Crippen LogP contribution is 2.31. The predicted octanol–water partition coefficient (Wildman–Crippen LogP) is 1.71. The Kier molecular flexibility index (Phi) is 3.24. The molecule has 4 nitrogen and oxygen atoms in total. The van der Waals surface area contributed by atoms with Crippen molar-refractivity contribution in [3.8, 4) is 0 Å². The minimum atomic E-state index is -0.536. The van der Waals surface area contributed by atoms with Crippen LogP contribution in [0.15, 0.2) is 12.1 Å². The molecule has 0 unspecified atom stereocenters. The van der Waals surface area contributed by atoms with Crippen molar-refractivity contribution in [2.45, 2.75) is 38.2 Å². The lowest BCUT2D eigenvalue weighted by Crippen LogP contribution is -2.39. The van der Waals surface area contributed by atoms with Crippen molar-refractivity contribution in [2.24, 2.45) is 0 Å². The molecule has 0 spiro atoms. The summed E-state index contributed by atoms with van der Waals surface area (Å²) in [4.78, 5) is 6.45. The summed E-state index contributed by atoms with van der Waals surface area (Å²) in [7, 11) is 1.97. The molecule has 1 aromatic heterocycles. The van der Waals surface area contributed by atoms with Crippen LogP contribution in [0.1, 0.15) is 31.4 Å². The molecule has 0 aliphatic heterocycles. The maximum absolute atomic E-state index is 10.4. The number of aromatic nitrogens is 1. The highest BCUT2D eigenvalue weighted by Gasteiger charge is 2.32. The van der Waals surface area contributed by atoms with Gasteiger partial charge in [-0.2, -0.15) is 0 Å². The number of hydrogen-bond donors (Lipinski definition) is 2. The molecule has 1 heterocycles. The second-order valence-corrected chi connectivity index (χ2v) is 5.13. The normalized spacial score (nSPS) is 18.3. The van der Waals surface area contributed by atoms with Crippen LogP contribution >= 0.6 is 0 Å². The average Bonchev–Trinajstić information content (AvgIpc) is 2.69. The third-order valence-corrected chi connectivity index (χ3v) is 3.57. The van der Waals surface area contributed by atoms with E-state index >= 15 is 0 Å². The zero-order chi connectivity index (χ0) is 12.5. The van der Waals surface area contributed by atoms with Crippen LogP contribution in [0.5, 0.6) is 0 Å². The number of anilines is 2. The van der Waals surface area contributed by atoms with Gasteiger partial charge in [0.2, 0.25) is 0 Å². The van der Waals surface area contributed by atoms with E-state index in [9.17, 15) is 5.11 Å². The Bertz CT molecular complexity index is 400. The van der Waals surface area contributed by atoms with E-state index in [4.69, 9.17) is 5.73 Å². The molecule has 0 aromatic carbocycles. The number of aryl methyl sites for hydroxylation is 1. The van der Waals surface area contributed by atoms with Crippen molar-refractivity contribution >= 4 is 11.5 Å². The van der Waals surface area contributed by atoms with E-state index in [1.165, 1.54) is 0 Å². The molecule has 1 aliphatic rings. The molecule has 1 fully saturated rings. The standard InChI is InChI=1S/C13H21N3O/c1-10-11(14)5-6-12(15-10)16(2)9-13(17)7-3-4-8-13/h5-6,17H,3-4,7-9,14H2,1-2H3. The van der Waals surface area contributed by atoms with E-state index in [1.54, 1.807) is 0 Å². The summed E-state index contributed by atoms with van der Waals surface area (Å²) in [5.41, 5.74) is 6.76. The van der Waals surface area contributed by atoms with Gasteiger partial charge in [0.25, 0.3) is 0 Å². The highest BCUT2D eigenvalue weighted by atomic mass is 16.3. The largest absolute Gasteiger partial charge is 0.397 e. The minimum Gasteiger partial charge on any atom is -0.397 e. The third-order valence-electron chi connectivity index (χ3n) is 3.57. The summed E-state index contributed by atoms with van der Waals surface area (Å²) in [5, 5.41) is 10.4. The number of rotatable bonds is 3. The quantitative estimate of drug-likeness (QED) is 0.837. The van der Waals surface area contributed by atoms with Crippen LogP contribution in [0.3, 0.4) is 0 Å². The molecule has 0 radical (unpaired) electrons. The first-order valence-corrected chi connectivity index (χ1v) is 6.17. The molecule has 94 valence electrons. The Labute approximate surface area is 102 Å². The van der Waals surface area contributed by atoms with Gasteiger partial charge >= 0.3 is 0 Å². The molecule has 0 saturated heterocycles. The lowest BCUT2D eigenvalue weighted by Gasteiger charge is -2.29. The number of hydrogen-bond acceptors (Lipinski definition) is 4. The van der Waals surface area contributed by atoms with E-state index in [0.717, 1.165) is 37.2 Å². The molecule has 0 bridgehead atoms. The zero-order valence-electron chi connectivity index (χ0n) is 10.6.